The molecule has 2 aromatic carbocycles. The van der Waals surface area contributed by atoms with Crippen LogP contribution in [0.3, 0.4) is 0 Å². The predicted molar refractivity (Wildman–Crippen MR) is 95.7 cm³/mol. The third kappa shape index (κ3) is 2.79. The average molecular weight is 350 g/mol. The van der Waals surface area contributed by atoms with Crippen molar-refractivity contribution in [1.82, 2.24) is 10.2 Å². The summed E-state index contributed by atoms with van der Waals surface area (Å²) in [7, 11) is 3.26. The average Bonchev–Trinajstić information content (AvgIpc) is 3.11. The molecule has 0 aliphatic carbocycles. The van der Waals surface area contributed by atoms with Crippen LogP contribution < -0.4 is 14.2 Å². The van der Waals surface area contributed by atoms with Gasteiger partial charge in [0.15, 0.2) is 0 Å². The molecular formula is C20H18N2O4. The molecule has 26 heavy (non-hydrogen) atoms. The van der Waals surface area contributed by atoms with Gasteiger partial charge in [-0.1, -0.05) is 12.1 Å². The molecule has 0 fully saturated rings. The van der Waals surface area contributed by atoms with E-state index < -0.39 is 0 Å². The van der Waals surface area contributed by atoms with Gasteiger partial charge in [-0.05, 0) is 42.0 Å². The summed E-state index contributed by atoms with van der Waals surface area (Å²) in [6.07, 6.45) is 0.266. The molecule has 1 N–H and O–H groups in total. The summed E-state index contributed by atoms with van der Waals surface area (Å²) in [4.78, 5) is 12.0. The number of hydrogen-bond donors (Lipinski definition) is 1. The number of rotatable bonds is 4. The first-order valence-corrected chi connectivity index (χ1v) is 8.27. The van der Waals surface area contributed by atoms with E-state index in [1.165, 1.54) is 0 Å². The van der Waals surface area contributed by atoms with Crippen molar-refractivity contribution in [3.63, 3.8) is 0 Å². The minimum absolute atomic E-state index is 0.131. The molecule has 6 nitrogen and oxygen atoms in total. The maximum absolute atomic E-state index is 12.0. The highest BCUT2D eigenvalue weighted by atomic mass is 16.5. The van der Waals surface area contributed by atoms with Crippen LogP contribution >= 0.6 is 0 Å². The van der Waals surface area contributed by atoms with Gasteiger partial charge in [0.1, 0.15) is 11.5 Å². The molecule has 132 valence electrons. The van der Waals surface area contributed by atoms with E-state index in [0.29, 0.717) is 5.88 Å². The van der Waals surface area contributed by atoms with Gasteiger partial charge in [-0.25, -0.2) is 0 Å². The van der Waals surface area contributed by atoms with Gasteiger partial charge in [-0.15, -0.1) is 5.10 Å². The number of carbonyl (C=O) groups excluding carboxylic acids is 1. The van der Waals surface area contributed by atoms with E-state index in [1.807, 2.05) is 48.5 Å². The van der Waals surface area contributed by atoms with Gasteiger partial charge < -0.3 is 14.2 Å². The molecule has 4 rings (SSSR count). The van der Waals surface area contributed by atoms with Crippen LogP contribution in [-0.4, -0.2) is 30.4 Å². The third-order valence-corrected chi connectivity index (χ3v) is 4.60. The van der Waals surface area contributed by atoms with Gasteiger partial charge in [0.05, 0.1) is 31.9 Å². The van der Waals surface area contributed by atoms with Crippen molar-refractivity contribution in [2.45, 2.75) is 12.3 Å². The molecule has 0 bridgehead atoms. The topological polar surface area (TPSA) is 73.4 Å². The number of hydrogen-bond acceptors (Lipinski definition) is 5. The first kappa shape index (κ1) is 16.2. The number of methoxy groups -OCH3 is 2. The zero-order valence-corrected chi connectivity index (χ0v) is 14.5. The fourth-order valence-electron chi connectivity index (χ4n) is 3.25. The van der Waals surface area contributed by atoms with Crippen LogP contribution in [0.15, 0.2) is 48.5 Å². The van der Waals surface area contributed by atoms with Crippen LogP contribution in [0.5, 0.6) is 17.4 Å². The number of aromatic amines is 1. The molecule has 0 amide bonds. The molecule has 1 aromatic heterocycles. The number of aromatic nitrogens is 2. The zero-order chi connectivity index (χ0) is 18.1. The van der Waals surface area contributed by atoms with Crippen LogP contribution in [0, 0.1) is 0 Å². The van der Waals surface area contributed by atoms with E-state index in [-0.39, 0.29) is 18.3 Å². The standard InChI is InChI=1S/C20H18N2O4/c1-24-14-7-3-12(4-8-14)16-11-17(23)26-20-18(16)19(21-22-20)13-5-9-15(25-2)10-6-13/h3-10,16H,11H2,1-2H3,(H,21,22). The minimum Gasteiger partial charge on any atom is -0.497 e. The van der Waals surface area contributed by atoms with Gasteiger partial charge >= 0.3 is 5.97 Å². The highest BCUT2D eigenvalue weighted by molar-refractivity contribution is 5.80. The van der Waals surface area contributed by atoms with Crippen LogP contribution in [-0.2, 0) is 4.79 Å². The fourth-order valence-corrected chi connectivity index (χ4v) is 3.25. The van der Waals surface area contributed by atoms with Crippen molar-refractivity contribution < 1.29 is 19.0 Å². The van der Waals surface area contributed by atoms with Gasteiger partial charge in [-0.3, -0.25) is 9.89 Å². The van der Waals surface area contributed by atoms with Crippen molar-refractivity contribution >= 4 is 5.97 Å². The molecule has 2 heterocycles. The van der Waals surface area contributed by atoms with Gasteiger partial charge in [-0.2, -0.15) is 0 Å². The number of H-pyrrole nitrogens is 1. The van der Waals surface area contributed by atoms with Crippen molar-refractivity contribution in [2.24, 2.45) is 0 Å². The molecule has 0 saturated heterocycles. The van der Waals surface area contributed by atoms with E-state index in [2.05, 4.69) is 10.2 Å². The van der Waals surface area contributed by atoms with E-state index in [9.17, 15) is 4.79 Å². The summed E-state index contributed by atoms with van der Waals surface area (Å²) < 4.78 is 15.8. The molecule has 0 saturated carbocycles. The quantitative estimate of drug-likeness (QED) is 0.729. The highest BCUT2D eigenvalue weighted by Gasteiger charge is 2.33. The second-order valence-electron chi connectivity index (χ2n) is 6.05. The van der Waals surface area contributed by atoms with Gasteiger partial charge in [0, 0.05) is 11.5 Å². The van der Waals surface area contributed by atoms with Crippen LogP contribution in [0.4, 0.5) is 0 Å². The predicted octanol–water partition coefficient (Wildman–Crippen LogP) is 3.53. The Morgan fingerprint density at radius 1 is 1.00 bits per heavy atom. The molecule has 0 spiro atoms. The maximum atomic E-state index is 12.0. The Morgan fingerprint density at radius 2 is 1.62 bits per heavy atom. The molecule has 1 aliphatic rings. The van der Waals surface area contributed by atoms with E-state index >= 15 is 0 Å². The van der Waals surface area contributed by atoms with Crippen LogP contribution in [0.25, 0.3) is 11.3 Å². The summed E-state index contributed by atoms with van der Waals surface area (Å²) in [5, 5.41) is 7.23. The molecule has 0 radical (unpaired) electrons. The van der Waals surface area contributed by atoms with Gasteiger partial charge in [0.2, 0.25) is 5.88 Å². The van der Waals surface area contributed by atoms with E-state index in [4.69, 9.17) is 14.2 Å². The Bertz CT molecular complexity index is 929. The lowest BCUT2D eigenvalue weighted by molar-refractivity contribution is -0.135. The van der Waals surface area contributed by atoms with Crippen molar-refractivity contribution in [3.05, 3.63) is 59.7 Å². The summed E-state index contributed by atoms with van der Waals surface area (Å²) in [6, 6.07) is 15.4. The van der Waals surface area contributed by atoms with Crippen LogP contribution in [0.2, 0.25) is 0 Å². The molecular weight excluding hydrogens is 332 g/mol. The first-order chi connectivity index (χ1) is 12.7. The number of nitrogens with one attached hydrogen (secondary N) is 1. The highest BCUT2D eigenvalue weighted by Crippen LogP contribution is 2.43. The Balaban J connectivity index is 1.79. The zero-order valence-electron chi connectivity index (χ0n) is 14.5. The smallest absolute Gasteiger partial charge is 0.313 e. The molecule has 6 heteroatoms. The number of fused-ring (bicyclic) bond motifs is 1. The minimum atomic E-state index is -0.286. The molecule has 1 unspecified atom stereocenters. The Kier molecular flexibility index (Phi) is 4.08. The Morgan fingerprint density at radius 3 is 2.23 bits per heavy atom. The second-order valence-corrected chi connectivity index (χ2v) is 6.05. The molecule has 3 aromatic rings. The van der Waals surface area contributed by atoms with E-state index in [1.54, 1.807) is 14.2 Å². The Hall–Kier alpha value is -3.28. The third-order valence-electron chi connectivity index (χ3n) is 4.60. The monoisotopic (exact) mass is 350 g/mol. The molecule has 1 aliphatic heterocycles. The first-order valence-electron chi connectivity index (χ1n) is 8.27. The molecule has 1 atom stereocenters. The number of benzene rings is 2. The number of ether oxygens (including phenoxy) is 3. The van der Waals surface area contributed by atoms with E-state index in [0.717, 1.165) is 33.9 Å². The van der Waals surface area contributed by atoms with Crippen molar-refractivity contribution in [3.8, 4) is 28.6 Å². The summed E-state index contributed by atoms with van der Waals surface area (Å²) in [5.41, 5.74) is 3.70. The van der Waals surface area contributed by atoms with Crippen molar-refractivity contribution in [1.29, 1.82) is 0 Å². The fraction of sp³-hybridized carbons (Fsp3) is 0.200. The lowest BCUT2D eigenvalue weighted by atomic mass is 9.86. The van der Waals surface area contributed by atoms with Crippen molar-refractivity contribution in [2.75, 3.05) is 14.2 Å². The normalized spacial score (nSPS) is 15.9. The second kappa shape index (κ2) is 6.55. The summed E-state index contributed by atoms with van der Waals surface area (Å²) >= 11 is 0. The number of esters is 1. The lowest BCUT2D eigenvalue weighted by Gasteiger charge is -2.22. The Labute approximate surface area is 150 Å². The largest absolute Gasteiger partial charge is 0.497 e. The number of carbonyl (C=O) groups is 1. The summed E-state index contributed by atoms with van der Waals surface area (Å²) in [6.45, 7) is 0. The lowest BCUT2D eigenvalue weighted by Crippen LogP contribution is -2.20. The summed E-state index contributed by atoms with van der Waals surface area (Å²) in [5.74, 6) is 1.47. The SMILES string of the molecule is COc1ccc(-c2[nH]nc3c2C(c2ccc(OC)cc2)CC(=O)O3)cc1. The number of nitrogens with zero attached hydrogens (tertiary/aromatic N) is 1. The van der Waals surface area contributed by atoms with Crippen LogP contribution in [0.1, 0.15) is 23.5 Å². The van der Waals surface area contributed by atoms with Gasteiger partial charge in [0.25, 0.3) is 0 Å². The maximum Gasteiger partial charge on any atom is 0.313 e.